The number of benzene rings is 2. The molecule has 0 fully saturated rings. The lowest BCUT2D eigenvalue weighted by atomic mass is 9.95. The van der Waals surface area contributed by atoms with Crippen LogP contribution in [0.5, 0.6) is 23.0 Å². The zero-order chi connectivity index (χ0) is 19.0. The highest BCUT2D eigenvalue weighted by Crippen LogP contribution is 2.52. The molecule has 2 aliphatic heterocycles. The molecular formula is C20H22N2O5. The Bertz CT molecular complexity index is 879. The Balaban J connectivity index is 1.75. The van der Waals surface area contributed by atoms with Crippen LogP contribution >= 0.6 is 0 Å². The topological polar surface area (TPSA) is 69.3 Å². The number of hydrogen-bond donors (Lipinski definition) is 1. The molecule has 0 saturated carbocycles. The summed E-state index contributed by atoms with van der Waals surface area (Å²) in [4.78, 5) is 15.0. The minimum absolute atomic E-state index is 0.107. The fraction of sp³-hybridized carbons (Fsp3) is 0.350. The Kier molecular flexibility index (Phi) is 4.53. The third-order valence-corrected chi connectivity index (χ3v) is 4.95. The van der Waals surface area contributed by atoms with E-state index < -0.39 is 0 Å². The standard InChI is InChI=1S/C20H22N2O5/c1-22-9-8-14-15(10-22)17(25-3)19-18(26-11-27-19)16(14)21-20(23)12-4-6-13(24-2)7-5-12/h4-7H,8-11H2,1-3H3,(H,21,23). The zero-order valence-electron chi connectivity index (χ0n) is 15.6. The van der Waals surface area contributed by atoms with Crippen molar-refractivity contribution in [2.45, 2.75) is 13.0 Å². The van der Waals surface area contributed by atoms with E-state index in [1.807, 2.05) is 0 Å². The molecule has 2 aromatic rings. The van der Waals surface area contributed by atoms with E-state index in [4.69, 9.17) is 18.9 Å². The largest absolute Gasteiger partial charge is 0.497 e. The highest BCUT2D eigenvalue weighted by atomic mass is 16.7. The molecule has 0 aliphatic carbocycles. The molecule has 7 nitrogen and oxygen atoms in total. The number of fused-ring (bicyclic) bond motifs is 2. The van der Waals surface area contributed by atoms with E-state index in [1.165, 1.54) is 0 Å². The van der Waals surface area contributed by atoms with Crippen molar-refractivity contribution < 1.29 is 23.7 Å². The van der Waals surface area contributed by atoms with E-state index >= 15 is 0 Å². The molecule has 7 heteroatoms. The minimum Gasteiger partial charge on any atom is -0.497 e. The van der Waals surface area contributed by atoms with Gasteiger partial charge in [0, 0.05) is 24.2 Å². The summed E-state index contributed by atoms with van der Waals surface area (Å²) >= 11 is 0. The summed E-state index contributed by atoms with van der Waals surface area (Å²) in [7, 11) is 5.28. The van der Waals surface area contributed by atoms with E-state index in [-0.39, 0.29) is 12.7 Å². The number of nitrogens with zero attached hydrogens (tertiary/aromatic N) is 1. The quantitative estimate of drug-likeness (QED) is 0.892. The summed E-state index contributed by atoms with van der Waals surface area (Å²) in [5.74, 6) is 2.27. The van der Waals surface area contributed by atoms with Crippen LogP contribution in [-0.4, -0.2) is 45.4 Å². The van der Waals surface area contributed by atoms with E-state index in [0.29, 0.717) is 34.2 Å². The molecular weight excluding hydrogens is 348 g/mol. The van der Waals surface area contributed by atoms with Crippen molar-refractivity contribution >= 4 is 11.6 Å². The molecule has 0 spiro atoms. The molecule has 2 aliphatic rings. The summed E-state index contributed by atoms with van der Waals surface area (Å²) < 4.78 is 22.1. The number of likely N-dealkylation sites (N-methyl/N-ethyl adjacent to an activating group) is 1. The summed E-state index contributed by atoms with van der Waals surface area (Å²) in [6.07, 6.45) is 0.789. The molecule has 1 N–H and O–H groups in total. The van der Waals surface area contributed by atoms with Gasteiger partial charge in [0.1, 0.15) is 5.75 Å². The summed E-state index contributed by atoms with van der Waals surface area (Å²) in [6, 6.07) is 6.99. The van der Waals surface area contributed by atoms with E-state index in [2.05, 4.69) is 17.3 Å². The molecule has 0 saturated heterocycles. The molecule has 0 aromatic heterocycles. The second kappa shape index (κ2) is 7.00. The molecule has 0 bridgehead atoms. The van der Waals surface area contributed by atoms with Crippen LogP contribution in [0, 0.1) is 0 Å². The molecule has 4 rings (SSSR count). The van der Waals surface area contributed by atoms with Crippen LogP contribution in [0.15, 0.2) is 24.3 Å². The molecule has 2 heterocycles. The van der Waals surface area contributed by atoms with Crippen molar-refractivity contribution in [1.82, 2.24) is 4.90 Å². The lowest BCUT2D eigenvalue weighted by Gasteiger charge is -2.29. The van der Waals surface area contributed by atoms with Crippen molar-refractivity contribution in [2.24, 2.45) is 0 Å². The van der Waals surface area contributed by atoms with Crippen molar-refractivity contribution in [1.29, 1.82) is 0 Å². The number of nitrogens with one attached hydrogen (secondary N) is 1. The van der Waals surface area contributed by atoms with Crippen molar-refractivity contribution in [3.8, 4) is 23.0 Å². The first-order chi connectivity index (χ1) is 13.1. The lowest BCUT2D eigenvalue weighted by Crippen LogP contribution is -2.28. The lowest BCUT2D eigenvalue weighted by molar-refractivity contribution is 0.102. The summed E-state index contributed by atoms with van der Waals surface area (Å²) in [6.45, 7) is 1.72. The van der Waals surface area contributed by atoms with Crippen molar-refractivity contribution in [3.63, 3.8) is 0 Å². The van der Waals surface area contributed by atoms with Crippen LogP contribution in [0.3, 0.4) is 0 Å². The predicted molar refractivity (Wildman–Crippen MR) is 100 cm³/mol. The molecule has 27 heavy (non-hydrogen) atoms. The average Bonchev–Trinajstić information content (AvgIpc) is 3.17. The van der Waals surface area contributed by atoms with E-state index in [9.17, 15) is 4.79 Å². The number of rotatable bonds is 4. The third-order valence-electron chi connectivity index (χ3n) is 4.95. The van der Waals surface area contributed by atoms with E-state index in [1.54, 1.807) is 38.5 Å². The van der Waals surface area contributed by atoms with Gasteiger partial charge in [-0.25, -0.2) is 0 Å². The number of amides is 1. The van der Waals surface area contributed by atoms with Gasteiger partial charge < -0.3 is 29.2 Å². The predicted octanol–water partition coefficient (Wildman–Crippen LogP) is 2.67. The summed E-state index contributed by atoms with van der Waals surface area (Å²) in [5, 5.41) is 3.03. The Labute approximate surface area is 157 Å². The average molecular weight is 370 g/mol. The highest BCUT2D eigenvalue weighted by molar-refractivity contribution is 6.06. The Morgan fingerprint density at radius 1 is 1.07 bits per heavy atom. The number of hydrogen-bond acceptors (Lipinski definition) is 6. The van der Waals surface area contributed by atoms with Crippen LogP contribution in [0.25, 0.3) is 0 Å². The van der Waals surface area contributed by atoms with Gasteiger partial charge in [0.2, 0.25) is 12.5 Å². The van der Waals surface area contributed by atoms with Gasteiger partial charge in [-0.15, -0.1) is 0 Å². The maximum Gasteiger partial charge on any atom is 0.255 e. The molecule has 0 radical (unpaired) electrons. The van der Waals surface area contributed by atoms with E-state index in [0.717, 1.165) is 30.6 Å². The van der Waals surface area contributed by atoms with Crippen LogP contribution in [0.1, 0.15) is 21.5 Å². The first kappa shape index (κ1) is 17.5. The minimum atomic E-state index is -0.207. The number of carbonyl (C=O) groups is 1. The molecule has 1 amide bonds. The maximum atomic E-state index is 12.8. The van der Waals surface area contributed by atoms with Crippen LogP contribution in [-0.2, 0) is 13.0 Å². The third kappa shape index (κ3) is 3.04. The van der Waals surface area contributed by atoms with Gasteiger partial charge in [-0.1, -0.05) is 0 Å². The van der Waals surface area contributed by atoms with Gasteiger partial charge >= 0.3 is 0 Å². The van der Waals surface area contributed by atoms with Crippen molar-refractivity contribution in [3.05, 3.63) is 41.0 Å². The normalized spacial score (nSPS) is 15.2. The van der Waals surface area contributed by atoms with Gasteiger partial charge in [-0.2, -0.15) is 0 Å². The SMILES string of the molecule is COc1ccc(C(=O)Nc2c3c(c(OC)c4c2OCO4)CN(C)CC3)cc1. The fourth-order valence-corrected chi connectivity index (χ4v) is 3.57. The second-order valence-corrected chi connectivity index (χ2v) is 6.60. The first-order valence-corrected chi connectivity index (χ1v) is 8.77. The molecule has 142 valence electrons. The van der Waals surface area contributed by atoms with Gasteiger partial charge in [-0.05, 0) is 43.3 Å². The summed E-state index contributed by atoms with van der Waals surface area (Å²) in [5.41, 5.74) is 3.28. The molecule has 0 unspecified atom stereocenters. The molecule has 0 atom stereocenters. The Morgan fingerprint density at radius 2 is 1.81 bits per heavy atom. The fourth-order valence-electron chi connectivity index (χ4n) is 3.57. The van der Waals surface area contributed by atoms with Gasteiger partial charge in [0.15, 0.2) is 11.5 Å². The van der Waals surface area contributed by atoms with Gasteiger partial charge in [0.05, 0.1) is 19.9 Å². The maximum absolute atomic E-state index is 12.8. The van der Waals surface area contributed by atoms with Gasteiger partial charge in [0.25, 0.3) is 5.91 Å². The smallest absolute Gasteiger partial charge is 0.255 e. The second-order valence-electron chi connectivity index (χ2n) is 6.60. The first-order valence-electron chi connectivity index (χ1n) is 8.77. The molecule has 2 aromatic carbocycles. The van der Waals surface area contributed by atoms with Gasteiger partial charge in [-0.3, -0.25) is 4.79 Å². The van der Waals surface area contributed by atoms with Crippen molar-refractivity contribution in [2.75, 3.05) is 39.9 Å². The zero-order valence-corrected chi connectivity index (χ0v) is 15.6. The monoisotopic (exact) mass is 370 g/mol. The highest BCUT2D eigenvalue weighted by Gasteiger charge is 2.33. The number of carbonyl (C=O) groups excluding carboxylic acids is 1. The van der Waals surface area contributed by atoms with Crippen LogP contribution in [0.4, 0.5) is 5.69 Å². The Hall–Kier alpha value is -2.93. The van der Waals surface area contributed by atoms with Crippen LogP contribution < -0.4 is 24.3 Å². The number of methoxy groups -OCH3 is 2. The number of anilines is 1. The number of ether oxygens (including phenoxy) is 4. The van der Waals surface area contributed by atoms with Crippen LogP contribution in [0.2, 0.25) is 0 Å². The Morgan fingerprint density at radius 3 is 2.52 bits per heavy atom.